The molecule has 0 saturated carbocycles. The molecule has 2 rings (SSSR count). The van der Waals surface area contributed by atoms with Crippen LogP contribution < -0.4 is 5.84 Å². The summed E-state index contributed by atoms with van der Waals surface area (Å²) >= 11 is 0. The van der Waals surface area contributed by atoms with Crippen molar-refractivity contribution in [2.75, 3.05) is 13.2 Å². The van der Waals surface area contributed by atoms with Crippen LogP contribution in [0.3, 0.4) is 0 Å². The third-order valence-corrected chi connectivity index (χ3v) is 2.51. The van der Waals surface area contributed by atoms with Gasteiger partial charge in [0.15, 0.2) is 0 Å². The van der Waals surface area contributed by atoms with Crippen LogP contribution in [-0.2, 0) is 4.74 Å². The van der Waals surface area contributed by atoms with E-state index in [1.165, 1.54) is 12.8 Å². The lowest BCUT2D eigenvalue weighted by Crippen LogP contribution is -2.49. The van der Waals surface area contributed by atoms with E-state index in [1.54, 1.807) is 0 Å². The Morgan fingerprint density at radius 2 is 2.30 bits per heavy atom. The van der Waals surface area contributed by atoms with Crippen LogP contribution in [0, 0.1) is 0 Å². The highest BCUT2D eigenvalue weighted by Crippen LogP contribution is 2.25. The zero-order chi connectivity index (χ0) is 6.97. The number of nitrogens with two attached hydrogens (primary N) is 1. The van der Waals surface area contributed by atoms with Crippen molar-refractivity contribution in [1.29, 1.82) is 0 Å². The maximum atomic E-state index is 5.77. The van der Waals surface area contributed by atoms with Crippen molar-refractivity contribution in [1.82, 2.24) is 5.01 Å². The van der Waals surface area contributed by atoms with Gasteiger partial charge in [-0.15, -0.1) is 0 Å². The molecule has 0 spiro atoms. The van der Waals surface area contributed by atoms with E-state index in [9.17, 15) is 0 Å². The molecule has 3 nitrogen and oxygen atoms in total. The zero-order valence-electron chi connectivity index (χ0n) is 6.12. The number of hydrazine groups is 1. The number of hydrogen-bond donors (Lipinski definition) is 1. The summed E-state index contributed by atoms with van der Waals surface area (Å²) in [6.07, 6.45) is 3.97. The molecule has 2 atom stereocenters. The fraction of sp³-hybridized carbons (Fsp3) is 1.00. The predicted octanol–water partition coefficient (Wildman–Crippen LogP) is 0.113. The first-order chi connectivity index (χ1) is 4.88. The van der Waals surface area contributed by atoms with Crippen molar-refractivity contribution in [2.45, 2.75) is 31.4 Å². The van der Waals surface area contributed by atoms with Gasteiger partial charge in [0, 0.05) is 13.2 Å². The molecule has 2 N–H and O–H groups in total. The van der Waals surface area contributed by atoms with E-state index in [0.29, 0.717) is 12.1 Å². The first kappa shape index (κ1) is 6.58. The van der Waals surface area contributed by atoms with Gasteiger partial charge in [0.05, 0.1) is 12.1 Å². The zero-order valence-corrected chi connectivity index (χ0v) is 6.12. The molecule has 2 unspecified atom stereocenters. The number of fused-ring (bicyclic) bond motifs is 1. The van der Waals surface area contributed by atoms with Crippen LogP contribution >= 0.6 is 0 Å². The minimum atomic E-state index is 0.443. The molecule has 58 valence electrons. The second-order valence-electron chi connectivity index (χ2n) is 3.15. The van der Waals surface area contributed by atoms with Crippen LogP contribution in [0.4, 0.5) is 0 Å². The van der Waals surface area contributed by atoms with E-state index in [2.05, 4.69) is 0 Å². The van der Waals surface area contributed by atoms with Gasteiger partial charge in [-0.25, -0.2) is 5.01 Å². The van der Waals surface area contributed by atoms with Gasteiger partial charge in [-0.2, -0.15) is 0 Å². The largest absolute Gasteiger partial charge is 0.376 e. The molecular formula is C7H14N2O. The second-order valence-corrected chi connectivity index (χ2v) is 3.15. The van der Waals surface area contributed by atoms with Gasteiger partial charge in [0.2, 0.25) is 0 Å². The molecule has 2 aliphatic rings. The Morgan fingerprint density at radius 1 is 1.40 bits per heavy atom. The molecule has 0 amide bonds. The van der Waals surface area contributed by atoms with Gasteiger partial charge in [-0.05, 0) is 19.3 Å². The Balaban J connectivity index is 2.03. The first-order valence-corrected chi connectivity index (χ1v) is 4.01. The molecule has 0 radical (unpaired) electrons. The average molecular weight is 142 g/mol. The second kappa shape index (κ2) is 2.49. The minimum Gasteiger partial charge on any atom is -0.376 e. The molecule has 0 aromatic rings. The van der Waals surface area contributed by atoms with E-state index < -0.39 is 0 Å². The van der Waals surface area contributed by atoms with Gasteiger partial charge in [-0.1, -0.05) is 0 Å². The van der Waals surface area contributed by atoms with Gasteiger partial charge in [0.1, 0.15) is 0 Å². The van der Waals surface area contributed by atoms with Gasteiger partial charge in [0.25, 0.3) is 0 Å². The summed E-state index contributed by atoms with van der Waals surface area (Å²) in [5.74, 6) is 5.77. The first-order valence-electron chi connectivity index (χ1n) is 4.01. The van der Waals surface area contributed by atoms with Gasteiger partial charge in [-0.3, -0.25) is 5.84 Å². The summed E-state index contributed by atoms with van der Waals surface area (Å²) < 4.78 is 5.51. The fourth-order valence-corrected chi connectivity index (χ4v) is 1.93. The van der Waals surface area contributed by atoms with Crippen LogP contribution in [-0.4, -0.2) is 30.3 Å². The summed E-state index contributed by atoms with van der Waals surface area (Å²) in [6.45, 7) is 1.95. The van der Waals surface area contributed by atoms with Crippen LogP contribution in [0.2, 0.25) is 0 Å². The standard InChI is InChI=1S/C7H14N2O/c8-9-4-1-2-7-6(9)3-5-10-7/h6-7H,1-5,8H2. The fourth-order valence-electron chi connectivity index (χ4n) is 1.93. The Morgan fingerprint density at radius 3 is 3.10 bits per heavy atom. The van der Waals surface area contributed by atoms with Crippen molar-refractivity contribution in [2.24, 2.45) is 5.84 Å². The summed E-state index contributed by atoms with van der Waals surface area (Å²) in [6, 6.07) is 0.522. The average Bonchev–Trinajstić information content (AvgIpc) is 2.36. The van der Waals surface area contributed by atoms with Crippen LogP contribution in [0.1, 0.15) is 19.3 Å². The molecule has 2 saturated heterocycles. The molecule has 0 aliphatic carbocycles. The lowest BCUT2D eigenvalue weighted by atomic mass is 10.0. The van der Waals surface area contributed by atoms with Crippen LogP contribution in [0.15, 0.2) is 0 Å². The van der Waals surface area contributed by atoms with Crippen LogP contribution in [0.5, 0.6) is 0 Å². The van der Waals surface area contributed by atoms with E-state index in [-0.39, 0.29) is 0 Å². The number of piperidine rings is 1. The molecule has 3 heteroatoms. The normalized spacial score (nSPS) is 41.7. The highest BCUT2D eigenvalue weighted by Gasteiger charge is 2.34. The Bertz CT molecular complexity index is 129. The van der Waals surface area contributed by atoms with E-state index in [4.69, 9.17) is 10.6 Å². The Labute approximate surface area is 61.1 Å². The maximum Gasteiger partial charge on any atom is 0.0745 e. The summed E-state index contributed by atoms with van der Waals surface area (Å²) in [5, 5.41) is 1.95. The third-order valence-electron chi connectivity index (χ3n) is 2.51. The molecule has 0 aromatic heterocycles. The van der Waals surface area contributed by atoms with E-state index >= 15 is 0 Å². The summed E-state index contributed by atoms with van der Waals surface area (Å²) in [7, 11) is 0. The van der Waals surface area contributed by atoms with Crippen molar-refractivity contribution in [3.8, 4) is 0 Å². The number of nitrogens with zero attached hydrogens (tertiary/aromatic N) is 1. The number of hydrogen-bond acceptors (Lipinski definition) is 3. The molecule has 2 aliphatic heterocycles. The molecule has 2 heterocycles. The number of rotatable bonds is 0. The van der Waals surface area contributed by atoms with Crippen LogP contribution in [0.25, 0.3) is 0 Å². The van der Waals surface area contributed by atoms with Crippen molar-refractivity contribution < 1.29 is 4.74 Å². The summed E-state index contributed by atoms with van der Waals surface area (Å²) in [5.41, 5.74) is 0. The predicted molar refractivity (Wildman–Crippen MR) is 38.3 cm³/mol. The summed E-state index contributed by atoms with van der Waals surface area (Å²) in [4.78, 5) is 0. The molecule has 0 bridgehead atoms. The van der Waals surface area contributed by atoms with Crippen molar-refractivity contribution >= 4 is 0 Å². The van der Waals surface area contributed by atoms with E-state index in [1.807, 2.05) is 5.01 Å². The molecular weight excluding hydrogens is 128 g/mol. The highest BCUT2D eigenvalue weighted by atomic mass is 16.5. The van der Waals surface area contributed by atoms with E-state index in [0.717, 1.165) is 19.6 Å². The quantitative estimate of drug-likeness (QED) is 0.488. The third kappa shape index (κ3) is 0.944. The molecule has 0 aromatic carbocycles. The van der Waals surface area contributed by atoms with Crippen molar-refractivity contribution in [3.63, 3.8) is 0 Å². The van der Waals surface area contributed by atoms with Gasteiger partial charge < -0.3 is 4.74 Å². The highest BCUT2D eigenvalue weighted by molar-refractivity contribution is 4.86. The lowest BCUT2D eigenvalue weighted by Gasteiger charge is -2.32. The minimum absolute atomic E-state index is 0.443. The lowest BCUT2D eigenvalue weighted by molar-refractivity contribution is 0.0264. The van der Waals surface area contributed by atoms with Gasteiger partial charge >= 0.3 is 0 Å². The Kier molecular flexibility index (Phi) is 1.64. The Hall–Kier alpha value is -0.120. The van der Waals surface area contributed by atoms with Crippen molar-refractivity contribution in [3.05, 3.63) is 0 Å². The monoisotopic (exact) mass is 142 g/mol. The number of ether oxygens (including phenoxy) is 1. The SMILES string of the molecule is NN1CCCC2OCCC21. The maximum absolute atomic E-state index is 5.77. The topological polar surface area (TPSA) is 38.5 Å². The molecule has 2 fully saturated rings. The molecule has 10 heavy (non-hydrogen) atoms. The smallest absolute Gasteiger partial charge is 0.0745 e.